The molecule has 0 N–H and O–H groups in total. The Hall–Kier alpha value is -2.53. The first-order valence-electron chi connectivity index (χ1n) is 9.08. The molecule has 1 saturated heterocycles. The molecule has 142 valence electrons. The molecule has 1 fully saturated rings. The van der Waals surface area contributed by atoms with Crippen molar-refractivity contribution in [3.05, 3.63) is 59.1 Å². The molecule has 0 saturated carbocycles. The number of halogens is 1. The van der Waals surface area contributed by atoms with Crippen LogP contribution in [0.4, 0.5) is 11.4 Å². The second kappa shape index (κ2) is 8.44. The zero-order valence-corrected chi connectivity index (χ0v) is 16.4. The smallest absolute Gasteiger partial charge is 0.242 e. The molecule has 0 atom stereocenters. The van der Waals surface area contributed by atoms with E-state index in [9.17, 15) is 9.59 Å². The molecular weight excluding hydrogens is 362 g/mol. The van der Waals surface area contributed by atoms with Crippen LogP contribution in [0.1, 0.15) is 12.5 Å². The number of amides is 2. The van der Waals surface area contributed by atoms with Crippen LogP contribution in [0, 0.1) is 6.92 Å². The Morgan fingerprint density at radius 2 is 1.67 bits per heavy atom. The summed E-state index contributed by atoms with van der Waals surface area (Å²) < 4.78 is 0. The molecule has 0 unspecified atom stereocenters. The van der Waals surface area contributed by atoms with Crippen LogP contribution in [0.5, 0.6) is 0 Å². The summed E-state index contributed by atoms with van der Waals surface area (Å²) in [7, 11) is 0. The molecular formula is C21H24ClN3O2. The van der Waals surface area contributed by atoms with Crippen molar-refractivity contribution in [3.8, 4) is 0 Å². The van der Waals surface area contributed by atoms with Gasteiger partial charge in [-0.05, 0) is 36.8 Å². The van der Waals surface area contributed by atoms with Crippen molar-refractivity contribution in [2.75, 3.05) is 42.5 Å². The van der Waals surface area contributed by atoms with Crippen LogP contribution in [-0.2, 0) is 9.59 Å². The Balaban J connectivity index is 1.65. The van der Waals surface area contributed by atoms with Crippen LogP contribution in [-0.4, -0.2) is 49.4 Å². The van der Waals surface area contributed by atoms with E-state index in [1.165, 1.54) is 17.5 Å². The quantitative estimate of drug-likeness (QED) is 0.810. The van der Waals surface area contributed by atoms with Crippen molar-refractivity contribution < 1.29 is 9.59 Å². The number of piperazine rings is 1. The van der Waals surface area contributed by atoms with Gasteiger partial charge in [-0.25, -0.2) is 0 Å². The van der Waals surface area contributed by atoms with Gasteiger partial charge in [0, 0.05) is 49.5 Å². The van der Waals surface area contributed by atoms with Gasteiger partial charge in [0.05, 0.1) is 0 Å². The number of carbonyl (C=O) groups excluding carboxylic acids is 2. The fourth-order valence-corrected chi connectivity index (χ4v) is 3.51. The fraction of sp³-hybridized carbons (Fsp3) is 0.333. The van der Waals surface area contributed by atoms with E-state index in [1.54, 1.807) is 12.1 Å². The lowest BCUT2D eigenvalue weighted by molar-refractivity contribution is -0.131. The van der Waals surface area contributed by atoms with Crippen molar-refractivity contribution >= 4 is 34.8 Å². The molecule has 3 rings (SSSR count). The fourth-order valence-electron chi connectivity index (χ4n) is 3.34. The van der Waals surface area contributed by atoms with E-state index >= 15 is 0 Å². The number of hydrogen-bond acceptors (Lipinski definition) is 3. The van der Waals surface area contributed by atoms with Crippen molar-refractivity contribution in [3.63, 3.8) is 0 Å². The first-order valence-corrected chi connectivity index (χ1v) is 9.46. The summed E-state index contributed by atoms with van der Waals surface area (Å²) >= 11 is 6.18. The largest absolute Gasteiger partial charge is 0.368 e. The van der Waals surface area contributed by atoms with Gasteiger partial charge in [-0.3, -0.25) is 9.59 Å². The average molecular weight is 386 g/mol. The average Bonchev–Trinajstić information content (AvgIpc) is 2.69. The van der Waals surface area contributed by atoms with Gasteiger partial charge in [0.2, 0.25) is 11.8 Å². The molecule has 1 heterocycles. The molecule has 0 aliphatic carbocycles. The Kier molecular flexibility index (Phi) is 6.01. The van der Waals surface area contributed by atoms with E-state index in [1.807, 2.05) is 36.1 Å². The lowest BCUT2D eigenvalue weighted by Gasteiger charge is -2.37. The highest BCUT2D eigenvalue weighted by Gasteiger charge is 2.25. The number of para-hydroxylation sites is 1. The molecule has 0 aromatic heterocycles. The molecule has 1 aliphatic rings. The van der Waals surface area contributed by atoms with Gasteiger partial charge >= 0.3 is 0 Å². The van der Waals surface area contributed by atoms with E-state index in [0.29, 0.717) is 23.8 Å². The van der Waals surface area contributed by atoms with Crippen LogP contribution in [0.2, 0.25) is 5.02 Å². The number of nitrogens with zero attached hydrogens (tertiary/aromatic N) is 3. The first kappa shape index (κ1) is 19.2. The summed E-state index contributed by atoms with van der Waals surface area (Å²) in [6.45, 7) is 6.22. The molecule has 2 aromatic rings. The molecule has 2 amide bonds. The number of benzene rings is 2. The van der Waals surface area contributed by atoms with E-state index < -0.39 is 0 Å². The molecule has 5 nitrogen and oxygen atoms in total. The highest BCUT2D eigenvalue weighted by molar-refractivity contribution is 6.31. The Morgan fingerprint density at radius 1 is 1.00 bits per heavy atom. The highest BCUT2D eigenvalue weighted by Crippen LogP contribution is 2.27. The Labute approximate surface area is 165 Å². The summed E-state index contributed by atoms with van der Waals surface area (Å²) in [5.74, 6) is -0.214. The normalized spacial score (nSPS) is 14.2. The third kappa shape index (κ3) is 4.42. The zero-order valence-electron chi connectivity index (χ0n) is 15.7. The van der Waals surface area contributed by atoms with Gasteiger partial charge in [0.1, 0.15) is 6.54 Å². The van der Waals surface area contributed by atoms with E-state index in [0.717, 1.165) is 18.7 Å². The monoisotopic (exact) mass is 385 g/mol. The van der Waals surface area contributed by atoms with Crippen LogP contribution in [0.25, 0.3) is 0 Å². The minimum atomic E-state index is -0.170. The van der Waals surface area contributed by atoms with Crippen molar-refractivity contribution in [2.24, 2.45) is 0 Å². The van der Waals surface area contributed by atoms with E-state index in [-0.39, 0.29) is 18.4 Å². The maximum atomic E-state index is 12.8. The molecule has 27 heavy (non-hydrogen) atoms. The number of hydrogen-bond donors (Lipinski definition) is 0. The van der Waals surface area contributed by atoms with Gasteiger partial charge in [-0.1, -0.05) is 35.9 Å². The molecule has 0 spiro atoms. The SMILES string of the molecule is CC(=O)N(CC(=O)N1CCN(c2ccccc2)CC1)c1cccc(Cl)c1C. The van der Waals surface area contributed by atoms with Gasteiger partial charge in [0.15, 0.2) is 0 Å². The number of carbonyl (C=O) groups is 2. The third-order valence-corrected chi connectivity index (χ3v) is 5.37. The Morgan fingerprint density at radius 3 is 2.30 bits per heavy atom. The van der Waals surface area contributed by atoms with E-state index in [2.05, 4.69) is 17.0 Å². The molecule has 2 aromatic carbocycles. The summed E-state index contributed by atoms with van der Waals surface area (Å²) in [6, 6.07) is 15.6. The second-order valence-corrected chi connectivity index (χ2v) is 7.10. The summed E-state index contributed by atoms with van der Waals surface area (Å²) in [4.78, 5) is 30.6. The van der Waals surface area contributed by atoms with Crippen LogP contribution in [0.15, 0.2) is 48.5 Å². The summed E-state index contributed by atoms with van der Waals surface area (Å²) in [5, 5.41) is 0.586. The van der Waals surface area contributed by atoms with Gasteiger partial charge in [0.25, 0.3) is 0 Å². The van der Waals surface area contributed by atoms with Gasteiger partial charge in [-0.15, -0.1) is 0 Å². The summed E-state index contributed by atoms with van der Waals surface area (Å²) in [5.41, 5.74) is 2.66. The van der Waals surface area contributed by atoms with E-state index in [4.69, 9.17) is 11.6 Å². The molecule has 1 aliphatic heterocycles. The van der Waals surface area contributed by atoms with Crippen LogP contribution >= 0.6 is 11.6 Å². The highest BCUT2D eigenvalue weighted by atomic mass is 35.5. The zero-order chi connectivity index (χ0) is 19.4. The van der Waals surface area contributed by atoms with Crippen LogP contribution < -0.4 is 9.80 Å². The molecule has 6 heteroatoms. The van der Waals surface area contributed by atoms with Crippen molar-refractivity contribution in [2.45, 2.75) is 13.8 Å². The minimum absolute atomic E-state index is 0.0296. The third-order valence-electron chi connectivity index (χ3n) is 4.96. The van der Waals surface area contributed by atoms with Gasteiger partial charge < -0.3 is 14.7 Å². The second-order valence-electron chi connectivity index (χ2n) is 6.69. The maximum absolute atomic E-state index is 12.8. The predicted octanol–water partition coefficient (Wildman–Crippen LogP) is 3.35. The number of anilines is 2. The van der Waals surface area contributed by atoms with Crippen LogP contribution in [0.3, 0.4) is 0 Å². The predicted molar refractivity (Wildman–Crippen MR) is 109 cm³/mol. The Bertz CT molecular complexity index is 817. The molecule has 0 radical (unpaired) electrons. The topological polar surface area (TPSA) is 43.9 Å². The summed E-state index contributed by atoms with van der Waals surface area (Å²) in [6.07, 6.45) is 0. The van der Waals surface area contributed by atoms with Crippen molar-refractivity contribution in [1.82, 2.24) is 4.90 Å². The lowest BCUT2D eigenvalue weighted by Crippen LogP contribution is -2.52. The maximum Gasteiger partial charge on any atom is 0.242 e. The lowest BCUT2D eigenvalue weighted by atomic mass is 10.1. The number of rotatable bonds is 4. The first-order chi connectivity index (χ1) is 13.0. The molecule has 0 bridgehead atoms. The standard InChI is InChI=1S/C21H24ClN3O2/c1-16-19(22)9-6-10-20(16)25(17(2)26)15-21(27)24-13-11-23(12-14-24)18-7-4-3-5-8-18/h3-10H,11-15H2,1-2H3. The van der Waals surface area contributed by atoms with Gasteiger partial charge in [-0.2, -0.15) is 0 Å². The minimum Gasteiger partial charge on any atom is -0.368 e. The van der Waals surface area contributed by atoms with Crippen molar-refractivity contribution in [1.29, 1.82) is 0 Å².